The van der Waals surface area contributed by atoms with Crippen molar-refractivity contribution in [2.45, 2.75) is 77.4 Å². The van der Waals surface area contributed by atoms with Crippen LogP contribution in [0.4, 0.5) is 4.39 Å². The number of hydrogen-bond donors (Lipinski definition) is 1. The molecule has 1 amide bonds. The first-order valence-electron chi connectivity index (χ1n) is 18.1. The average molecular weight is 698 g/mol. The average Bonchev–Trinajstić information content (AvgIpc) is 3.14. The van der Waals surface area contributed by atoms with E-state index in [9.17, 15) is 18.8 Å². The van der Waals surface area contributed by atoms with Crippen molar-refractivity contribution in [3.63, 3.8) is 0 Å². The van der Waals surface area contributed by atoms with Gasteiger partial charge < -0.3 is 15.1 Å². The predicted molar refractivity (Wildman–Crippen MR) is 198 cm³/mol. The lowest BCUT2D eigenvalue weighted by molar-refractivity contribution is -0.120. The fourth-order valence-electron chi connectivity index (χ4n) is 7.23. The fraction of sp³-hybridized carbons (Fsp3) is 0.462. The lowest BCUT2D eigenvalue weighted by Crippen LogP contribution is -2.49. The second-order valence-corrected chi connectivity index (χ2v) is 13.8. The highest BCUT2D eigenvalue weighted by atomic mass is 19.1. The zero-order chi connectivity index (χ0) is 35.9. The lowest BCUT2D eigenvalue weighted by atomic mass is 9.90. The normalized spacial score (nSPS) is 18.8. The first kappa shape index (κ1) is 36.1. The molecule has 1 N–H and O–H groups in total. The fourth-order valence-corrected chi connectivity index (χ4v) is 7.23. The third-order valence-corrected chi connectivity index (χ3v) is 10.1. The van der Waals surface area contributed by atoms with Crippen LogP contribution in [0.5, 0.6) is 0 Å². The Morgan fingerprint density at radius 2 is 1.76 bits per heavy atom. The van der Waals surface area contributed by atoms with E-state index >= 15 is 0 Å². The van der Waals surface area contributed by atoms with Gasteiger partial charge in [0.15, 0.2) is 5.65 Å². The Morgan fingerprint density at radius 1 is 1.02 bits per heavy atom. The molecule has 1 aliphatic heterocycles. The number of fused-ring (bicyclic) bond motifs is 1. The molecule has 2 aromatic carbocycles. The van der Waals surface area contributed by atoms with Gasteiger partial charge in [0.1, 0.15) is 12.4 Å². The van der Waals surface area contributed by atoms with Crippen molar-refractivity contribution in [2.24, 2.45) is 5.16 Å². The van der Waals surface area contributed by atoms with Gasteiger partial charge in [0.2, 0.25) is 5.91 Å². The Bertz CT molecular complexity index is 1960. The Morgan fingerprint density at radius 3 is 2.47 bits per heavy atom. The van der Waals surface area contributed by atoms with Crippen LogP contribution < -0.4 is 16.6 Å². The molecular formula is C39H48FN7O4. The SMILES string of the molecule is CCO/N=C\CC(=O)NC1CCC(n2c(=O)c3cc(F)cnc3n(-c3cccc(-c4ccc(CCN5CCN(C(C)C)CC5)cc4)c3)c2=O)CC1. The highest BCUT2D eigenvalue weighted by molar-refractivity contribution is 5.89. The second kappa shape index (κ2) is 16.6. The van der Waals surface area contributed by atoms with E-state index in [0.29, 0.717) is 44.0 Å². The van der Waals surface area contributed by atoms with Crippen molar-refractivity contribution < 1.29 is 14.0 Å². The molecule has 0 radical (unpaired) electrons. The van der Waals surface area contributed by atoms with Crippen molar-refractivity contribution in [3.05, 3.63) is 93.0 Å². The Kier molecular flexibility index (Phi) is 11.7. The Balaban J connectivity index is 1.20. The molecule has 0 atom stereocenters. The monoisotopic (exact) mass is 697 g/mol. The van der Waals surface area contributed by atoms with Gasteiger partial charge in [-0.2, -0.15) is 0 Å². The van der Waals surface area contributed by atoms with E-state index in [1.165, 1.54) is 20.9 Å². The molecular weight excluding hydrogens is 649 g/mol. The van der Waals surface area contributed by atoms with Gasteiger partial charge >= 0.3 is 5.69 Å². The number of amides is 1. The van der Waals surface area contributed by atoms with Gasteiger partial charge in [-0.05, 0) is 87.8 Å². The number of halogens is 1. The Hall–Kier alpha value is -4.68. The molecule has 1 saturated carbocycles. The van der Waals surface area contributed by atoms with E-state index in [0.717, 1.165) is 62.5 Å². The summed E-state index contributed by atoms with van der Waals surface area (Å²) in [6, 6.07) is 17.3. The predicted octanol–water partition coefficient (Wildman–Crippen LogP) is 4.93. The summed E-state index contributed by atoms with van der Waals surface area (Å²) in [6.07, 6.45) is 5.72. The van der Waals surface area contributed by atoms with Crippen LogP contribution in [0.15, 0.2) is 75.5 Å². The number of hydrogen-bond acceptors (Lipinski definition) is 8. The minimum atomic E-state index is -0.651. The van der Waals surface area contributed by atoms with Gasteiger partial charge in [0.05, 0.1) is 29.9 Å². The van der Waals surface area contributed by atoms with Crippen LogP contribution in [-0.4, -0.2) is 87.5 Å². The van der Waals surface area contributed by atoms with E-state index < -0.39 is 23.1 Å². The summed E-state index contributed by atoms with van der Waals surface area (Å²) >= 11 is 0. The topological polar surface area (TPSA) is 114 Å². The molecule has 2 aliphatic rings. The summed E-state index contributed by atoms with van der Waals surface area (Å²) in [7, 11) is 0. The number of pyridine rings is 1. The summed E-state index contributed by atoms with van der Waals surface area (Å²) in [6.45, 7) is 12.2. The van der Waals surface area contributed by atoms with Gasteiger partial charge in [-0.25, -0.2) is 18.7 Å². The molecule has 270 valence electrons. The van der Waals surface area contributed by atoms with Crippen LogP contribution in [0, 0.1) is 5.82 Å². The zero-order valence-corrected chi connectivity index (χ0v) is 29.8. The van der Waals surface area contributed by atoms with E-state index in [4.69, 9.17) is 4.84 Å². The molecule has 2 aromatic heterocycles. The number of nitrogens with one attached hydrogen (secondary N) is 1. The molecule has 2 fully saturated rings. The smallest absolute Gasteiger partial charge is 0.337 e. The van der Waals surface area contributed by atoms with Crippen molar-refractivity contribution in [1.82, 2.24) is 29.2 Å². The van der Waals surface area contributed by atoms with E-state index in [2.05, 4.69) is 63.4 Å². The quantitative estimate of drug-likeness (QED) is 0.165. The van der Waals surface area contributed by atoms with Crippen LogP contribution in [0.25, 0.3) is 27.8 Å². The lowest BCUT2D eigenvalue weighted by Gasteiger charge is -2.36. The molecule has 11 nitrogen and oxygen atoms in total. The van der Waals surface area contributed by atoms with Crippen LogP contribution >= 0.6 is 0 Å². The summed E-state index contributed by atoms with van der Waals surface area (Å²) in [4.78, 5) is 54.6. The molecule has 3 heterocycles. The minimum Gasteiger partial charge on any atom is -0.396 e. The van der Waals surface area contributed by atoms with Crippen LogP contribution in [0.3, 0.4) is 0 Å². The molecule has 4 aromatic rings. The highest BCUT2D eigenvalue weighted by Gasteiger charge is 2.28. The largest absolute Gasteiger partial charge is 0.396 e. The maximum Gasteiger partial charge on any atom is 0.337 e. The highest BCUT2D eigenvalue weighted by Crippen LogP contribution is 2.28. The Labute approximate surface area is 297 Å². The first-order chi connectivity index (χ1) is 24.7. The first-order valence-corrected chi connectivity index (χ1v) is 18.1. The second-order valence-electron chi connectivity index (χ2n) is 13.8. The minimum absolute atomic E-state index is 0.0407. The standard InChI is InChI=1S/C39H48FN7O4/c1-4-51-42-18-16-36(48)43-32-12-14-33(15-13-32)47-38(49)35-25-31(40)26-41-37(35)46(39(47)50)34-7-5-6-30(24-34)29-10-8-28(9-11-29)17-19-44-20-22-45(23-21-44)27(2)3/h5-11,18,24-27,32-33H,4,12-17,19-23H2,1-3H3,(H,43,48)/b42-18-. The number of oxime groups is 1. The number of piperazine rings is 1. The molecule has 0 spiro atoms. The van der Waals surface area contributed by atoms with Crippen molar-refractivity contribution >= 4 is 23.2 Å². The number of rotatable bonds is 12. The number of carbonyl (C=O) groups is 1. The van der Waals surface area contributed by atoms with E-state index in [1.54, 1.807) is 6.07 Å². The van der Waals surface area contributed by atoms with Crippen molar-refractivity contribution in [2.75, 3.05) is 39.3 Å². The third kappa shape index (κ3) is 8.62. The summed E-state index contributed by atoms with van der Waals surface area (Å²) in [5.41, 5.74) is 2.74. The maximum atomic E-state index is 14.5. The van der Waals surface area contributed by atoms with Gasteiger partial charge in [0, 0.05) is 50.8 Å². The molecule has 0 bridgehead atoms. The molecule has 12 heteroatoms. The summed E-state index contributed by atoms with van der Waals surface area (Å²) < 4.78 is 17.2. The summed E-state index contributed by atoms with van der Waals surface area (Å²) in [5, 5.41) is 6.76. The molecule has 6 rings (SSSR count). The van der Waals surface area contributed by atoms with Gasteiger partial charge in [-0.15, -0.1) is 0 Å². The van der Waals surface area contributed by atoms with Gasteiger partial charge in [-0.1, -0.05) is 41.6 Å². The molecule has 0 unspecified atom stereocenters. The number of benzene rings is 2. The molecule has 1 saturated heterocycles. The zero-order valence-electron chi connectivity index (χ0n) is 29.8. The number of carbonyl (C=O) groups excluding carboxylic acids is 1. The number of nitrogens with zero attached hydrogens (tertiary/aromatic N) is 6. The molecule has 1 aliphatic carbocycles. The maximum absolute atomic E-state index is 14.5. The third-order valence-electron chi connectivity index (χ3n) is 10.1. The van der Waals surface area contributed by atoms with Crippen LogP contribution in [0.2, 0.25) is 0 Å². The van der Waals surface area contributed by atoms with Crippen LogP contribution in [0.1, 0.15) is 64.5 Å². The van der Waals surface area contributed by atoms with Gasteiger partial charge in [0.25, 0.3) is 5.56 Å². The molecule has 51 heavy (non-hydrogen) atoms. The summed E-state index contributed by atoms with van der Waals surface area (Å²) in [5.74, 6) is -0.818. The van der Waals surface area contributed by atoms with Crippen LogP contribution in [-0.2, 0) is 16.1 Å². The van der Waals surface area contributed by atoms with Crippen molar-refractivity contribution in [3.8, 4) is 16.8 Å². The van der Waals surface area contributed by atoms with E-state index in [-0.39, 0.29) is 29.4 Å². The van der Waals surface area contributed by atoms with Crippen molar-refractivity contribution in [1.29, 1.82) is 0 Å². The van der Waals surface area contributed by atoms with Gasteiger partial charge in [-0.3, -0.25) is 19.1 Å². The van der Waals surface area contributed by atoms with E-state index in [1.807, 2.05) is 25.1 Å². The number of aromatic nitrogens is 3.